The van der Waals surface area contributed by atoms with Gasteiger partial charge in [-0.3, -0.25) is 4.98 Å². The molecule has 2 fully saturated rings. The number of fused-ring (bicyclic) bond motifs is 1. The molecule has 3 aromatic rings. The van der Waals surface area contributed by atoms with Crippen LogP contribution in [0.15, 0.2) is 41.1 Å². The van der Waals surface area contributed by atoms with Gasteiger partial charge in [0.15, 0.2) is 11.4 Å². The third-order valence-electron chi connectivity index (χ3n) is 5.70. The van der Waals surface area contributed by atoms with Crippen molar-refractivity contribution >= 4 is 22.9 Å². The molecule has 0 saturated carbocycles. The molecular formula is C20H23N5O2. The number of anilines is 2. The minimum atomic E-state index is 0.281. The Morgan fingerprint density at radius 1 is 1.04 bits per heavy atom. The molecule has 0 radical (unpaired) electrons. The summed E-state index contributed by atoms with van der Waals surface area (Å²) >= 11 is 0. The van der Waals surface area contributed by atoms with E-state index >= 15 is 0 Å². The fourth-order valence-corrected chi connectivity index (χ4v) is 4.00. The zero-order valence-corrected chi connectivity index (χ0v) is 15.2. The minimum Gasteiger partial charge on any atom is -0.423 e. The monoisotopic (exact) mass is 365 g/mol. The quantitative estimate of drug-likeness (QED) is 0.761. The van der Waals surface area contributed by atoms with Crippen molar-refractivity contribution in [3.8, 4) is 0 Å². The van der Waals surface area contributed by atoms with Gasteiger partial charge in [-0.2, -0.15) is 4.98 Å². The number of benzene rings is 1. The Morgan fingerprint density at radius 3 is 2.59 bits per heavy atom. The van der Waals surface area contributed by atoms with E-state index in [1.807, 2.05) is 24.3 Å². The van der Waals surface area contributed by atoms with E-state index in [0.29, 0.717) is 17.9 Å². The highest BCUT2D eigenvalue weighted by Crippen LogP contribution is 2.36. The van der Waals surface area contributed by atoms with Crippen molar-refractivity contribution in [2.75, 3.05) is 42.6 Å². The first kappa shape index (κ1) is 16.5. The maximum Gasteiger partial charge on any atom is 0.298 e. The van der Waals surface area contributed by atoms with Gasteiger partial charge in [0.2, 0.25) is 0 Å². The Labute approximate surface area is 157 Å². The molecule has 2 aliphatic heterocycles. The van der Waals surface area contributed by atoms with Gasteiger partial charge in [-0.15, -0.1) is 0 Å². The first-order valence-corrected chi connectivity index (χ1v) is 9.59. The molecule has 27 heavy (non-hydrogen) atoms. The van der Waals surface area contributed by atoms with Crippen molar-refractivity contribution in [1.82, 2.24) is 15.0 Å². The van der Waals surface area contributed by atoms with Gasteiger partial charge in [0.05, 0.1) is 5.69 Å². The normalized spacial score (nSPS) is 18.9. The summed E-state index contributed by atoms with van der Waals surface area (Å²) in [6, 6.07) is 8.53. The summed E-state index contributed by atoms with van der Waals surface area (Å²) in [6.07, 6.45) is 5.56. The lowest BCUT2D eigenvalue weighted by molar-refractivity contribution is 0.202. The van der Waals surface area contributed by atoms with E-state index in [1.54, 1.807) is 12.4 Å². The summed E-state index contributed by atoms with van der Waals surface area (Å²) in [4.78, 5) is 18.3. The Bertz CT molecular complexity index is 896. The van der Waals surface area contributed by atoms with Crippen LogP contribution in [0.2, 0.25) is 0 Å². The smallest absolute Gasteiger partial charge is 0.298 e. The number of rotatable bonds is 4. The first-order valence-electron chi connectivity index (χ1n) is 9.59. The number of piperidine rings is 1. The standard InChI is InChI=1S/C20H23N5O2/c26-13-14-5-9-24(10-6-14)19-18(21-7-8-22-19)15-11-25(12-15)20-23-16-3-1-2-4-17(16)27-20/h1-4,7-8,14-15,26H,5-6,9-13H2. The predicted octanol–water partition coefficient (Wildman–Crippen LogP) is 2.43. The van der Waals surface area contributed by atoms with E-state index in [9.17, 15) is 5.11 Å². The number of para-hydroxylation sites is 2. The number of hydrogen-bond acceptors (Lipinski definition) is 7. The van der Waals surface area contributed by atoms with E-state index in [4.69, 9.17) is 4.42 Å². The number of aliphatic hydroxyl groups excluding tert-OH is 1. The van der Waals surface area contributed by atoms with Crippen molar-refractivity contribution in [3.63, 3.8) is 0 Å². The van der Waals surface area contributed by atoms with Crippen LogP contribution in [0.5, 0.6) is 0 Å². The molecule has 7 heteroatoms. The van der Waals surface area contributed by atoms with Gasteiger partial charge in [0.1, 0.15) is 5.52 Å². The summed E-state index contributed by atoms with van der Waals surface area (Å²) < 4.78 is 5.87. The molecule has 2 saturated heterocycles. The van der Waals surface area contributed by atoms with Gasteiger partial charge < -0.3 is 19.3 Å². The topological polar surface area (TPSA) is 78.5 Å². The molecule has 7 nitrogen and oxygen atoms in total. The fourth-order valence-electron chi connectivity index (χ4n) is 4.00. The van der Waals surface area contributed by atoms with Crippen molar-refractivity contribution in [2.24, 2.45) is 5.92 Å². The average molecular weight is 365 g/mol. The summed E-state index contributed by atoms with van der Waals surface area (Å²) in [5.74, 6) is 1.75. The highest BCUT2D eigenvalue weighted by Gasteiger charge is 2.35. The molecule has 0 amide bonds. The zero-order valence-electron chi connectivity index (χ0n) is 15.2. The molecule has 1 aromatic carbocycles. The lowest BCUT2D eigenvalue weighted by Crippen LogP contribution is -2.46. The van der Waals surface area contributed by atoms with Gasteiger partial charge >= 0.3 is 0 Å². The first-order chi connectivity index (χ1) is 13.3. The summed E-state index contributed by atoms with van der Waals surface area (Å²) in [7, 11) is 0. The second-order valence-corrected chi connectivity index (χ2v) is 7.44. The van der Waals surface area contributed by atoms with E-state index in [-0.39, 0.29) is 6.61 Å². The highest BCUT2D eigenvalue weighted by molar-refractivity contribution is 5.74. The summed E-state index contributed by atoms with van der Waals surface area (Å²) in [5, 5.41) is 9.36. The van der Waals surface area contributed by atoms with E-state index in [2.05, 4.69) is 24.8 Å². The van der Waals surface area contributed by atoms with Crippen LogP contribution in [-0.2, 0) is 0 Å². The van der Waals surface area contributed by atoms with E-state index < -0.39 is 0 Å². The number of nitrogens with zero attached hydrogens (tertiary/aromatic N) is 5. The van der Waals surface area contributed by atoms with Gasteiger partial charge in [-0.05, 0) is 30.9 Å². The molecule has 5 rings (SSSR count). The molecule has 4 heterocycles. The number of aromatic nitrogens is 3. The van der Waals surface area contributed by atoms with Crippen molar-refractivity contribution in [3.05, 3.63) is 42.4 Å². The highest BCUT2D eigenvalue weighted by atomic mass is 16.4. The summed E-state index contributed by atoms with van der Waals surface area (Å²) in [6.45, 7) is 3.82. The average Bonchev–Trinajstić information content (AvgIpc) is 3.11. The fraction of sp³-hybridized carbons (Fsp3) is 0.450. The SMILES string of the molecule is OCC1CCN(c2nccnc2C2CN(c3nc4ccccc4o3)C2)CC1. The second-order valence-electron chi connectivity index (χ2n) is 7.44. The van der Waals surface area contributed by atoms with Gasteiger partial charge in [0, 0.05) is 51.1 Å². The van der Waals surface area contributed by atoms with Gasteiger partial charge in [-0.1, -0.05) is 12.1 Å². The van der Waals surface area contributed by atoms with Crippen LogP contribution in [0, 0.1) is 5.92 Å². The predicted molar refractivity (Wildman–Crippen MR) is 103 cm³/mol. The van der Waals surface area contributed by atoms with Crippen LogP contribution < -0.4 is 9.80 Å². The Kier molecular flexibility index (Phi) is 4.16. The number of aliphatic hydroxyl groups is 1. The third kappa shape index (κ3) is 3.02. The van der Waals surface area contributed by atoms with Crippen LogP contribution >= 0.6 is 0 Å². The zero-order chi connectivity index (χ0) is 18.2. The lowest BCUT2D eigenvalue weighted by atomic mass is 9.94. The van der Waals surface area contributed by atoms with Gasteiger partial charge in [-0.25, -0.2) is 4.98 Å². The maximum atomic E-state index is 9.36. The molecule has 2 aromatic heterocycles. The molecular weight excluding hydrogens is 342 g/mol. The Hall–Kier alpha value is -2.67. The molecule has 0 bridgehead atoms. The van der Waals surface area contributed by atoms with Crippen molar-refractivity contribution < 1.29 is 9.52 Å². The van der Waals surface area contributed by atoms with E-state index in [0.717, 1.165) is 61.6 Å². The molecule has 0 unspecified atom stereocenters. The largest absolute Gasteiger partial charge is 0.423 e. The maximum absolute atomic E-state index is 9.36. The number of hydrogen-bond donors (Lipinski definition) is 1. The molecule has 0 atom stereocenters. The molecule has 2 aliphatic rings. The van der Waals surface area contributed by atoms with Crippen LogP contribution in [-0.4, -0.2) is 52.8 Å². The Balaban J connectivity index is 1.31. The van der Waals surface area contributed by atoms with Crippen LogP contribution in [0.4, 0.5) is 11.8 Å². The molecule has 0 aliphatic carbocycles. The van der Waals surface area contributed by atoms with Crippen molar-refractivity contribution in [2.45, 2.75) is 18.8 Å². The van der Waals surface area contributed by atoms with E-state index in [1.165, 1.54) is 0 Å². The molecule has 140 valence electrons. The number of oxazole rings is 1. The molecule has 0 spiro atoms. The molecule has 1 N–H and O–H groups in total. The summed E-state index contributed by atoms with van der Waals surface area (Å²) in [5.41, 5.74) is 2.78. The third-order valence-corrected chi connectivity index (χ3v) is 5.70. The van der Waals surface area contributed by atoms with Gasteiger partial charge in [0.25, 0.3) is 6.01 Å². The minimum absolute atomic E-state index is 0.281. The van der Waals surface area contributed by atoms with Crippen LogP contribution in [0.25, 0.3) is 11.1 Å². The second kappa shape index (κ2) is 6.81. The van der Waals surface area contributed by atoms with Crippen molar-refractivity contribution in [1.29, 1.82) is 0 Å². The van der Waals surface area contributed by atoms with Crippen LogP contribution in [0.1, 0.15) is 24.5 Å². The Morgan fingerprint density at radius 2 is 1.81 bits per heavy atom. The lowest BCUT2D eigenvalue weighted by Gasteiger charge is -2.40. The van der Waals surface area contributed by atoms with Crippen LogP contribution in [0.3, 0.4) is 0 Å².